The van der Waals surface area contributed by atoms with Crippen molar-refractivity contribution in [2.75, 3.05) is 0 Å². The third kappa shape index (κ3) is 2.57. The molecule has 0 radical (unpaired) electrons. The summed E-state index contributed by atoms with van der Waals surface area (Å²) in [4.78, 5) is 0.294. The van der Waals surface area contributed by atoms with Gasteiger partial charge in [-0.05, 0) is 43.7 Å². The second-order valence-corrected chi connectivity index (χ2v) is 7.19. The maximum atomic E-state index is 12.8. The Hall–Kier alpha value is -2.33. The van der Waals surface area contributed by atoms with Crippen LogP contribution in [0.1, 0.15) is 11.1 Å². The molecule has 3 nitrogen and oxygen atoms in total. The fraction of sp³-hybridized carbons (Fsp3) is 0.111. The normalized spacial score (nSPS) is 11.5. The van der Waals surface area contributed by atoms with Crippen molar-refractivity contribution in [2.24, 2.45) is 0 Å². The summed E-state index contributed by atoms with van der Waals surface area (Å²) in [5, 5.41) is 0. The molecule has 112 valence electrons. The van der Waals surface area contributed by atoms with E-state index in [9.17, 15) is 8.42 Å². The molecule has 1 heterocycles. The van der Waals surface area contributed by atoms with Gasteiger partial charge >= 0.3 is 0 Å². The van der Waals surface area contributed by atoms with Gasteiger partial charge < -0.3 is 0 Å². The highest BCUT2D eigenvalue weighted by Crippen LogP contribution is 2.25. The second kappa shape index (κ2) is 5.46. The zero-order valence-corrected chi connectivity index (χ0v) is 13.3. The quantitative estimate of drug-likeness (QED) is 0.733. The summed E-state index contributed by atoms with van der Waals surface area (Å²) in [5.74, 6) is 0. The summed E-state index contributed by atoms with van der Waals surface area (Å²) in [6.07, 6.45) is 1.59. The van der Waals surface area contributed by atoms with Crippen LogP contribution in [0.15, 0.2) is 71.8 Å². The van der Waals surface area contributed by atoms with E-state index in [-0.39, 0.29) is 0 Å². The summed E-state index contributed by atoms with van der Waals surface area (Å²) in [5.41, 5.74) is 3.72. The van der Waals surface area contributed by atoms with Crippen LogP contribution in [0.4, 0.5) is 0 Å². The molecule has 0 saturated heterocycles. The van der Waals surface area contributed by atoms with Gasteiger partial charge in [0.05, 0.1) is 10.6 Å². The van der Waals surface area contributed by atoms with Crippen molar-refractivity contribution in [1.82, 2.24) is 3.97 Å². The molecule has 0 N–H and O–H groups in total. The highest BCUT2D eigenvalue weighted by atomic mass is 32.2. The minimum atomic E-state index is -3.58. The van der Waals surface area contributed by atoms with E-state index >= 15 is 0 Å². The molecule has 1 aromatic heterocycles. The minimum Gasteiger partial charge on any atom is -0.241 e. The van der Waals surface area contributed by atoms with Gasteiger partial charge in [-0.2, -0.15) is 0 Å². The lowest BCUT2D eigenvalue weighted by Crippen LogP contribution is -2.13. The summed E-state index contributed by atoms with van der Waals surface area (Å²) < 4.78 is 27.0. The molecule has 0 spiro atoms. The Balaban J connectivity index is 2.11. The number of hydrogen-bond acceptors (Lipinski definition) is 2. The molecule has 0 atom stereocenters. The van der Waals surface area contributed by atoms with Crippen LogP contribution in [0, 0.1) is 13.8 Å². The number of aromatic nitrogens is 1. The molecule has 3 rings (SSSR count). The van der Waals surface area contributed by atoms with Gasteiger partial charge in [-0.3, -0.25) is 0 Å². The lowest BCUT2D eigenvalue weighted by Gasteiger charge is -2.11. The van der Waals surface area contributed by atoms with Crippen LogP contribution in [-0.4, -0.2) is 12.4 Å². The van der Waals surface area contributed by atoms with Gasteiger partial charge in [-0.1, -0.05) is 47.5 Å². The fourth-order valence-electron chi connectivity index (χ4n) is 2.35. The maximum Gasteiger partial charge on any atom is 0.268 e. The molecular weight excluding hydrogens is 294 g/mol. The lowest BCUT2D eigenvalue weighted by atomic mass is 10.1. The van der Waals surface area contributed by atoms with Crippen LogP contribution in [0.3, 0.4) is 0 Å². The monoisotopic (exact) mass is 311 g/mol. The van der Waals surface area contributed by atoms with Crippen LogP contribution in [-0.2, 0) is 10.0 Å². The SMILES string of the molecule is Cc1ccc(-c2cccn2S(=O)(=O)c2ccc(C)cc2)cc1. The molecule has 0 fully saturated rings. The number of rotatable bonds is 3. The highest BCUT2D eigenvalue weighted by molar-refractivity contribution is 7.90. The van der Waals surface area contributed by atoms with E-state index < -0.39 is 10.0 Å². The van der Waals surface area contributed by atoms with Crippen molar-refractivity contribution in [2.45, 2.75) is 18.7 Å². The molecule has 0 aliphatic heterocycles. The average Bonchev–Trinajstić information content (AvgIpc) is 2.99. The van der Waals surface area contributed by atoms with E-state index in [1.807, 2.05) is 56.3 Å². The molecule has 2 aromatic carbocycles. The van der Waals surface area contributed by atoms with E-state index in [0.717, 1.165) is 16.7 Å². The Kier molecular flexibility index (Phi) is 3.62. The standard InChI is InChI=1S/C18H17NO2S/c1-14-5-9-16(10-6-14)18-4-3-13-19(18)22(20,21)17-11-7-15(2)8-12-17/h3-13H,1-2H3. The molecule has 0 aliphatic rings. The van der Waals surface area contributed by atoms with Gasteiger partial charge in [0.2, 0.25) is 0 Å². The van der Waals surface area contributed by atoms with E-state index in [4.69, 9.17) is 0 Å². The summed E-state index contributed by atoms with van der Waals surface area (Å²) in [6.45, 7) is 3.94. The largest absolute Gasteiger partial charge is 0.268 e. The molecule has 0 amide bonds. The predicted molar refractivity (Wildman–Crippen MR) is 88.4 cm³/mol. The third-order valence-electron chi connectivity index (χ3n) is 3.64. The molecule has 4 heteroatoms. The first-order valence-corrected chi connectivity index (χ1v) is 8.49. The molecule has 0 unspecified atom stereocenters. The topological polar surface area (TPSA) is 39.1 Å². The third-order valence-corrected chi connectivity index (χ3v) is 5.34. The zero-order valence-electron chi connectivity index (χ0n) is 12.5. The Labute approximate surface area is 130 Å². The van der Waals surface area contributed by atoms with E-state index in [0.29, 0.717) is 10.6 Å². The van der Waals surface area contributed by atoms with Crippen LogP contribution < -0.4 is 0 Å². The fourth-order valence-corrected chi connectivity index (χ4v) is 3.71. The maximum absolute atomic E-state index is 12.8. The zero-order chi connectivity index (χ0) is 15.7. The lowest BCUT2D eigenvalue weighted by molar-refractivity contribution is 0.588. The van der Waals surface area contributed by atoms with Crippen LogP contribution in [0.2, 0.25) is 0 Å². The van der Waals surface area contributed by atoms with Gasteiger partial charge in [-0.25, -0.2) is 12.4 Å². The van der Waals surface area contributed by atoms with Crippen molar-refractivity contribution >= 4 is 10.0 Å². The first kappa shape index (κ1) is 14.6. The van der Waals surface area contributed by atoms with Crippen molar-refractivity contribution in [1.29, 1.82) is 0 Å². The number of nitrogens with zero attached hydrogens (tertiary/aromatic N) is 1. The van der Waals surface area contributed by atoms with E-state index in [1.165, 1.54) is 3.97 Å². The molecule has 0 aliphatic carbocycles. The summed E-state index contributed by atoms with van der Waals surface area (Å²) in [7, 11) is -3.58. The van der Waals surface area contributed by atoms with Gasteiger partial charge in [-0.15, -0.1) is 0 Å². The highest BCUT2D eigenvalue weighted by Gasteiger charge is 2.19. The Morgan fingerprint density at radius 2 is 1.32 bits per heavy atom. The van der Waals surface area contributed by atoms with Gasteiger partial charge in [0.25, 0.3) is 10.0 Å². The summed E-state index contributed by atoms with van der Waals surface area (Å²) in [6, 6.07) is 18.3. The number of benzene rings is 2. The number of aryl methyl sites for hydroxylation is 2. The average molecular weight is 311 g/mol. The number of hydrogen-bond donors (Lipinski definition) is 0. The Bertz CT molecular complexity index is 889. The van der Waals surface area contributed by atoms with Crippen LogP contribution in [0.25, 0.3) is 11.3 Å². The van der Waals surface area contributed by atoms with Crippen LogP contribution in [0.5, 0.6) is 0 Å². The van der Waals surface area contributed by atoms with E-state index in [2.05, 4.69) is 0 Å². The van der Waals surface area contributed by atoms with Crippen molar-refractivity contribution in [3.05, 3.63) is 78.0 Å². The molecule has 22 heavy (non-hydrogen) atoms. The van der Waals surface area contributed by atoms with Gasteiger partial charge in [0.15, 0.2) is 0 Å². The Morgan fingerprint density at radius 1 is 0.773 bits per heavy atom. The Morgan fingerprint density at radius 3 is 1.91 bits per heavy atom. The smallest absolute Gasteiger partial charge is 0.241 e. The van der Waals surface area contributed by atoms with Crippen molar-refractivity contribution < 1.29 is 8.42 Å². The van der Waals surface area contributed by atoms with Crippen molar-refractivity contribution in [3.8, 4) is 11.3 Å². The first-order chi connectivity index (χ1) is 10.5. The van der Waals surface area contributed by atoms with Gasteiger partial charge in [0.1, 0.15) is 0 Å². The molecule has 0 saturated carbocycles. The minimum absolute atomic E-state index is 0.294. The molecule has 0 bridgehead atoms. The molecular formula is C18H17NO2S. The first-order valence-electron chi connectivity index (χ1n) is 7.05. The van der Waals surface area contributed by atoms with E-state index in [1.54, 1.807) is 24.4 Å². The predicted octanol–water partition coefficient (Wildman–Crippen LogP) is 4.01. The van der Waals surface area contributed by atoms with Crippen LogP contribution >= 0.6 is 0 Å². The van der Waals surface area contributed by atoms with Gasteiger partial charge in [0, 0.05) is 6.20 Å². The van der Waals surface area contributed by atoms with Crippen molar-refractivity contribution in [3.63, 3.8) is 0 Å². The second-order valence-electron chi connectivity index (χ2n) is 5.37. The molecule has 3 aromatic rings. The summed E-state index contributed by atoms with van der Waals surface area (Å²) >= 11 is 0.